The Labute approximate surface area is 175 Å². The molecule has 1 N–H and O–H groups in total. The van der Waals surface area contributed by atoms with Gasteiger partial charge in [0.25, 0.3) is 5.91 Å². The van der Waals surface area contributed by atoms with E-state index < -0.39 is 0 Å². The lowest BCUT2D eigenvalue weighted by molar-refractivity contribution is -0.122. The van der Waals surface area contributed by atoms with Gasteiger partial charge in [-0.05, 0) is 43.9 Å². The van der Waals surface area contributed by atoms with E-state index in [0.717, 1.165) is 35.1 Å². The number of hydrogen-bond donors (Lipinski definition) is 1. The van der Waals surface area contributed by atoms with Crippen LogP contribution < -0.4 is 5.32 Å². The van der Waals surface area contributed by atoms with E-state index in [1.807, 2.05) is 62.4 Å². The van der Waals surface area contributed by atoms with Crippen LogP contribution in [0.2, 0.25) is 0 Å². The van der Waals surface area contributed by atoms with Crippen LogP contribution in [0.5, 0.6) is 0 Å². The fourth-order valence-electron chi connectivity index (χ4n) is 3.34. The topological polar surface area (TPSA) is 75.4 Å². The first-order valence-electron chi connectivity index (χ1n) is 10.2. The largest absolute Gasteiger partial charge is 0.355 e. The predicted molar refractivity (Wildman–Crippen MR) is 114 cm³/mol. The minimum atomic E-state index is -0.329. The monoisotopic (exact) mass is 403 g/mol. The summed E-state index contributed by atoms with van der Waals surface area (Å²) in [7, 11) is 0. The third-order valence-electron chi connectivity index (χ3n) is 5.17. The van der Waals surface area contributed by atoms with E-state index in [9.17, 15) is 9.59 Å². The van der Waals surface area contributed by atoms with Gasteiger partial charge < -0.3 is 14.7 Å². The van der Waals surface area contributed by atoms with Crippen LogP contribution in [0.1, 0.15) is 40.0 Å². The Bertz CT molecular complexity index is 1050. The molecule has 4 rings (SSSR count). The Morgan fingerprint density at radius 3 is 2.60 bits per heavy atom. The van der Waals surface area contributed by atoms with Crippen LogP contribution in [-0.4, -0.2) is 34.5 Å². The van der Waals surface area contributed by atoms with Crippen molar-refractivity contribution in [1.82, 2.24) is 15.4 Å². The second-order valence-electron chi connectivity index (χ2n) is 7.88. The zero-order valence-electron chi connectivity index (χ0n) is 17.2. The van der Waals surface area contributed by atoms with Gasteiger partial charge in [-0.2, -0.15) is 0 Å². The van der Waals surface area contributed by atoms with Gasteiger partial charge in [0.15, 0.2) is 11.5 Å². The average Bonchev–Trinajstić information content (AvgIpc) is 3.41. The summed E-state index contributed by atoms with van der Waals surface area (Å²) < 4.78 is 5.49. The lowest BCUT2D eigenvalue weighted by atomic mass is 10.0. The van der Waals surface area contributed by atoms with E-state index in [-0.39, 0.29) is 30.1 Å². The molecule has 0 bridgehead atoms. The molecule has 0 radical (unpaired) electrons. The van der Waals surface area contributed by atoms with Crippen molar-refractivity contribution in [2.45, 2.75) is 39.3 Å². The molecule has 1 aromatic heterocycles. The fraction of sp³-hybridized carbons (Fsp3) is 0.292. The van der Waals surface area contributed by atoms with Gasteiger partial charge in [-0.15, -0.1) is 0 Å². The average molecular weight is 403 g/mol. The normalized spacial score (nSPS) is 13.1. The van der Waals surface area contributed by atoms with Gasteiger partial charge in [0.05, 0.1) is 0 Å². The molecular formula is C24H25N3O3. The Morgan fingerprint density at radius 2 is 1.87 bits per heavy atom. The van der Waals surface area contributed by atoms with Gasteiger partial charge in [0.2, 0.25) is 5.91 Å². The number of nitrogens with zero attached hydrogens (tertiary/aromatic N) is 2. The summed E-state index contributed by atoms with van der Waals surface area (Å²) >= 11 is 0. The van der Waals surface area contributed by atoms with Gasteiger partial charge in [0, 0.05) is 24.2 Å². The Morgan fingerprint density at radius 1 is 1.10 bits per heavy atom. The standard InChI is InChI=1S/C24H25N3O3/c1-16-8-9-17(2)20(12-16)22-13-21(26-30-22)24(29)27(14-18-6-4-3-5-7-18)15-23(28)25-19-10-11-19/h3-9,12-13,19H,10-11,14-15H2,1-2H3,(H,25,28). The van der Waals surface area contributed by atoms with Crippen molar-refractivity contribution in [3.05, 3.63) is 77.0 Å². The third-order valence-corrected chi connectivity index (χ3v) is 5.17. The summed E-state index contributed by atoms with van der Waals surface area (Å²) in [6, 6.07) is 17.6. The highest BCUT2D eigenvalue weighted by atomic mass is 16.5. The molecule has 1 fully saturated rings. The van der Waals surface area contributed by atoms with Gasteiger partial charge in [-0.3, -0.25) is 9.59 Å². The molecule has 0 spiro atoms. The van der Waals surface area contributed by atoms with Crippen molar-refractivity contribution in [2.75, 3.05) is 6.54 Å². The molecule has 6 nitrogen and oxygen atoms in total. The summed E-state index contributed by atoms with van der Waals surface area (Å²) in [5.41, 5.74) is 4.19. The molecule has 0 aliphatic heterocycles. The van der Waals surface area contributed by atoms with E-state index in [2.05, 4.69) is 10.5 Å². The number of nitrogens with one attached hydrogen (secondary N) is 1. The number of amides is 2. The van der Waals surface area contributed by atoms with E-state index in [0.29, 0.717) is 12.3 Å². The zero-order valence-corrected chi connectivity index (χ0v) is 17.2. The third kappa shape index (κ3) is 4.76. The van der Waals surface area contributed by atoms with Crippen LogP contribution in [0.15, 0.2) is 59.1 Å². The summed E-state index contributed by atoms with van der Waals surface area (Å²) in [6.45, 7) is 4.30. The smallest absolute Gasteiger partial charge is 0.276 e. The number of rotatable bonds is 7. The molecule has 6 heteroatoms. The number of hydrogen-bond acceptors (Lipinski definition) is 4. The van der Waals surface area contributed by atoms with Crippen LogP contribution in [0.3, 0.4) is 0 Å². The maximum atomic E-state index is 13.2. The minimum absolute atomic E-state index is 0.0180. The van der Waals surface area contributed by atoms with Gasteiger partial charge in [-0.1, -0.05) is 53.2 Å². The van der Waals surface area contributed by atoms with Crippen molar-refractivity contribution in [1.29, 1.82) is 0 Å². The Hall–Kier alpha value is -3.41. The predicted octanol–water partition coefficient (Wildman–Crippen LogP) is 3.88. The van der Waals surface area contributed by atoms with Crippen LogP contribution in [-0.2, 0) is 11.3 Å². The maximum Gasteiger partial charge on any atom is 0.276 e. The Kier molecular flexibility index (Phi) is 5.65. The van der Waals surface area contributed by atoms with Gasteiger partial charge in [-0.25, -0.2) is 0 Å². The van der Waals surface area contributed by atoms with E-state index >= 15 is 0 Å². The van der Waals surface area contributed by atoms with Crippen LogP contribution in [0, 0.1) is 13.8 Å². The maximum absolute atomic E-state index is 13.2. The SMILES string of the molecule is Cc1ccc(C)c(-c2cc(C(=O)N(CC(=O)NC3CC3)Cc3ccccc3)no2)c1. The van der Waals surface area contributed by atoms with E-state index in [4.69, 9.17) is 4.52 Å². The van der Waals surface area contributed by atoms with E-state index in [1.165, 1.54) is 4.90 Å². The van der Waals surface area contributed by atoms with Gasteiger partial charge in [0.1, 0.15) is 6.54 Å². The Balaban J connectivity index is 1.56. The van der Waals surface area contributed by atoms with Crippen LogP contribution in [0.4, 0.5) is 0 Å². The fourth-order valence-corrected chi connectivity index (χ4v) is 3.34. The zero-order chi connectivity index (χ0) is 21.1. The van der Waals surface area contributed by atoms with Crippen molar-refractivity contribution in [3.63, 3.8) is 0 Å². The number of carbonyl (C=O) groups is 2. The quantitative estimate of drug-likeness (QED) is 0.650. The molecule has 1 aliphatic carbocycles. The molecule has 0 unspecified atom stereocenters. The molecule has 0 saturated heterocycles. The molecular weight excluding hydrogens is 378 g/mol. The number of aryl methyl sites for hydroxylation is 2. The summed E-state index contributed by atoms with van der Waals surface area (Å²) in [5, 5.41) is 6.95. The first-order chi connectivity index (χ1) is 14.5. The highest BCUT2D eigenvalue weighted by Gasteiger charge is 2.27. The molecule has 0 atom stereocenters. The van der Waals surface area contributed by atoms with Gasteiger partial charge >= 0.3 is 0 Å². The van der Waals surface area contributed by atoms with Crippen molar-refractivity contribution < 1.29 is 14.1 Å². The molecule has 1 aliphatic rings. The summed E-state index contributed by atoms with van der Waals surface area (Å²) in [6.07, 6.45) is 2.00. The lowest BCUT2D eigenvalue weighted by Crippen LogP contribution is -2.41. The summed E-state index contributed by atoms with van der Waals surface area (Å²) in [5.74, 6) is 0.0618. The highest BCUT2D eigenvalue weighted by molar-refractivity contribution is 5.95. The molecule has 1 saturated carbocycles. The first-order valence-corrected chi connectivity index (χ1v) is 10.2. The number of aromatic nitrogens is 1. The molecule has 30 heavy (non-hydrogen) atoms. The van der Waals surface area contributed by atoms with Crippen molar-refractivity contribution in [2.24, 2.45) is 0 Å². The summed E-state index contributed by atoms with van der Waals surface area (Å²) in [4.78, 5) is 27.1. The number of benzene rings is 2. The van der Waals surface area contributed by atoms with E-state index in [1.54, 1.807) is 6.07 Å². The van der Waals surface area contributed by atoms with Crippen LogP contribution >= 0.6 is 0 Å². The minimum Gasteiger partial charge on any atom is -0.355 e. The molecule has 154 valence electrons. The second kappa shape index (κ2) is 8.53. The first kappa shape index (κ1) is 19.9. The number of carbonyl (C=O) groups excluding carboxylic acids is 2. The molecule has 2 aromatic carbocycles. The molecule has 3 aromatic rings. The van der Waals surface area contributed by atoms with Crippen LogP contribution in [0.25, 0.3) is 11.3 Å². The van der Waals surface area contributed by atoms with Crippen molar-refractivity contribution in [3.8, 4) is 11.3 Å². The lowest BCUT2D eigenvalue weighted by Gasteiger charge is -2.21. The highest BCUT2D eigenvalue weighted by Crippen LogP contribution is 2.26. The second-order valence-corrected chi connectivity index (χ2v) is 7.88. The van der Waals surface area contributed by atoms with Crippen molar-refractivity contribution >= 4 is 11.8 Å². The molecule has 1 heterocycles. The molecule has 2 amide bonds.